The summed E-state index contributed by atoms with van der Waals surface area (Å²) in [6, 6.07) is 8.39. The fourth-order valence-corrected chi connectivity index (χ4v) is 3.81. The summed E-state index contributed by atoms with van der Waals surface area (Å²) in [5.41, 5.74) is 2.84. The van der Waals surface area contributed by atoms with Gasteiger partial charge in [0.15, 0.2) is 5.82 Å². The number of halogens is 2. The highest BCUT2D eigenvalue weighted by Crippen LogP contribution is 2.28. The number of tetrazole rings is 1. The Labute approximate surface area is 168 Å². The predicted octanol–water partition coefficient (Wildman–Crippen LogP) is 4.22. The number of nitrogens with one attached hydrogen (secondary N) is 1. The normalized spacial score (nSPS) is 10.9. The maximum Gasteiger partial charge on any atom is 0.234 e. The van der Waals surface area contributed by atoms with E-state index in [1.165, 1.54) is 28.6 Å². The van der Waals surface area contributed by atoms with E-state index in [0.29, 0.717) is 11.5 Å². The van der Waals surface area contributed by atoms with Crippen LogP contribution in [0.5, 0.6) is 0 Å². The van der Waals surface area contributed by atoms with Gasteiger partial charge in [0.05, 0.1) is 17.1 Å². The molecule has 0 unspecified atom stereocenters. The number of carbonyl (C=O) groups is 1. The number of nitrogens with zero attached hydrogens (tertiary/aromatic N) is 4. The van der Waals surface area contributed by atoms with Gasteiger partial charge in [0, 0.05) is 9.37 Å². The van der Waals surface area contributed by atoms with Gasteiger partial charge in [-0.3, -0.25) is 4.79 Å². The van der Waals surface area contributed by atoms with Crippen LogP contribution in [0.3, 0.4) is 0 Å². The summed E-state index contributed by atoms with van der Waals surface area (Å²) in [4.78, 5) is 13.3. The molecule has 1 N–H and O–H groups in total. The lowest BCUT2D eigenvalue weighted by atomic mass is 10.2. The highest BCUT2D eigenvalue weighted by molar-refractivity contribution is 9.10. The van der Waals surface area contributed by atoms with Gasteiger partial charge < -0.3 is 5.32 Å². The van der Waals surface area contributed by atoms with Crippen LogP contribution >= 0.6 is 27.7 Å². The van der Waals surface area contributed by atoms with Crippen molar-refractivity contribution in [2.75, 3.05) is 11.1 Å². The third-order valence-corrected chi connectivity index (χ3v) is 5.92. The monoisotopic (exact) mass is 449 g/mol. The molecule has 6 nitrogen and oxygen atoms in total. The summed E-state index contributed by atoms with van der Waals surface area (Å²) >= 11 is 4.91. The van der Waals surface area contributed by atoms with E-state index in [2.05, 4.69) is 36.8 Å². The van der Waals surface area contributed by atoms with Crippen molar-refractivity contribution in [3.05, 3.63) is 57.6 Å². The molecule has 0 atom stereocenters. The van der Waals surface area contributed by atoms with Crippen LogP contribution in [0.15, 0.2) is 39.7 Å². The number of aromatic nitrogens is 4. The SMILES string of the molecule is Cc1cc(SCC(=O)Nc2cc(-n3nnnc3C)ccc2F)c(C)cc1Br. The smallest absolute Gasteiger partial charge is 0.234 e. The first-order valence-electron chi connectivity index (χ1n) is 8.09. The number of thioether (sulfide) groups is 1. The molecule has 0 fully saturated rings. The highest BCUT2D eigenvalue weighted by atomic mass is 79.9. The van der Waals surface area contributed by atoms with E-state index in [9.17, 15) is 9.18 Å². The molecular formula is C18H17BrFN5OS. The Hall–Kier alpha value is -2.26. The Bertz CT molecular complexity index is 1010. The van der Waals surface area contributed by atoms with E-state index in [1.807, 2.05) is 26.0 Å². The molecule has 0 aliphatic carbocycles. The number of hydrogen-bond donors (Lipinski definition) is 1. The summed E-state index contributed by atoms with van der Waals surface area (Å²) < 4.78 is 16.6. The lowest BCUT2D eigenvalue weighted by molar-refractivity contribution is -0.113. The van der Waals surface area contributed by atoms with Gasteiger partial charge in [-0.1, -0.05) is 15.9 Å². The zero-order valence-electron chi connectivity index (χ0n) is 15.0. The van der Waals surface area contributed by atoms with Crippen molar-refractivity contribution in [3.8, 4) is 5.69 Å². The van der Waals surface area contributed by atoms with Gasteiger partial charge in [0.1, 0.15) is 5.82 Å². The van der Waals surface area contributed by atoms with Gasteiger partial charge in [-0.05, 0) is 72.7 Å². The Morgan fingerprint density at radius 1 is 1.22 bits per heavy atom. The number of benzene rings is 2. The first-order valence-corrected chi connectivity index (χ1v) is 9.87. The van der Waals surface area contributed by atoms with Crippen molar-refractivity contribution in [1.82, 2.24) is 20.2 Å². The first kappa shape index (κ1) is 19.5. The molecule has 2 aromatic carbocycles. The predicted molar refractivity (Wildman–Crippen MR) is 107 cm³/mol. The zero-order valence-corrected chi connectivity index (χ0v) is 17.4. The number of anilines is 1. The van der Waals surface area contributed by atoms with Crippen LogP contribution in [-0.2, 0) is 4.79 Å². The van der Waals surface area contributed by atoms with Crippen LogP contribution in [0.2, 0.25) is 0 Å². The molecule has 1 amide bonds. The molecule has 0 radical (unpaired) electrons. The number of aryl methyl sites for hydroxylation is 3. The van der Waals surface area contributed by atoms with Gasteiger partial charge in [0.2, 0.25) is 5.91 Å². The lowest BCUT2D eigenvalue weighted by Gasteiger charge is -2.11. The van der Waals surface area contributed by atoms with Crippen LogP contribution in [0.25, 0.3) is 5.69 Å². The van der Waals surface area contributed by atoms with Crippen molar-refractivity contribution >= 4 is 39.3 Å². The van der Waals surface area contributed by atoms with Gasteiger partial charge in [0.25, 0.3) is 0 Å². The molecule has 1 heterocycles. The van der Waals surface area contributed by atoms with Crippen molar-refractivity contribution in [3.63, 3.8) is 0 Å². The Kier molecular flexibility index (Phi) is 5.91. The van der Waals surface area contributed by atoms with Crippen molar-refractivity contribution in [2.24, 2.45) is 0 Å². The zero-order chi connectivity index (χ0) is 19.6. The van der Waals surface area contributed by atoms with E-state index < -0.39 is 5.82 Å². The maximum atomic E-state index is 14.1. The molecule has 0 aliphatic rings. The van der Waals surface area contributed by atoms with Crippen LogP contribution in [0.1, 0.15) is 17.0 Å². The molecule has 0 aliphatic heterocycles. The molecule has 1 aromatic heterocycles. The molecule has 3 aromatic rings. The van der Waals surface area contributed by atoms with E-state index in [1.54, 1.807) is 13.0 Å². The highest BCUT2D eigenvalue weighted by Gasteiger charge is 2.12. The second kappa shape index (κ2) is 8.18. The average Bonchev–Trinajstić information content (AvgIpc) is 3.05. The molecular weight excluding hydrogens is 433 g/mol. The second-order valence-electron chi connectivity index (χ2n) is 6.01. The molecule has 0 saturated carbocycles. The summed E-state index contributed by atoms with van der Waals surface area (Å²) in [5, 5.41) is 13.8. The number of rotatable bonds is 5. The average molecular weight is 450 g/mol. The van der Waals surface area contributed by atoms with Crippen LogP contribution < -0.4 is 5.32 Å². The molecule has 9 heteroatoms. The fraction of sp³-hybridized carbons (Fsp3) is 0.222. The van der Waals surface area contributed by atoms with Crippen LogP contribution in [-0.4, -0.2) is 31.9 Å². The maximum absolute atomic E-state index is 14.1. The van der Waals surface area contributed by atoms with Crippen molar-refractivity contribution in [1.29, 1.82) is 0 Å². The van der Waals surface area contributed by atoms with Gasteiger partial charge in [-0.25, -0.2) is 4.39 Å². The summed E-state index contributed by atoms with van der Waals surface area (Å²) in [7, 11) is 0. The quantitative estimate of drug-likeness (QED) is 0.590. The Morgan fingerprint density at radius 2 is 2.00 bits per heavy atom. The van der Waals surface area contributed by atoms with Crippen LogP contribution in [0, 0.1) is 26.6 Å². The number of amides is 1. The summed E-state index contributed by atoms with van der Waals surface area (Å²) in [6.07, 6.45) is 0. The molecule has 0 spiro atoms. The van der Waals surface area contributed by atoms with E-state index >= 15 is 0 Å². The Balaban J connectivity index is 1.71. The van der Waals surface area contributed by atoms with Crippen molar-refractivity contribution < 1.29 is 9.18 Å². The third-order valence-electron chi connectivity index (χ3n) is 3.91. The molecule has 0 bridgehead atoms. The minimum Gasteiger partial charge on any atom is -0.323 e. The molecule has 3 rings (SSSR count). The third kappa shape index (κ3) is 4.54. The summed E-state index contributed by atoms with van der Waals surface area (Å²) in [5.74, 6) is -0.0614. The molecule has 27 heavy (non-hydrogen) atoms. The number of carbonyl (C=O) groups excluding carboxylic acids is 1. The van der Waals surface area contributed by atoms with Gasteiger partial charge in [-0.15, -0.1) is 16.9 Å². The standard InChI is InChI=1S/C18H17BrFN5OS/c1-10-7-17(11(2)6-14(10)19)27-9-18(26)21-16-8-13(4-5-15(16)20)25-12(3)22-23-24-25/h4-8H,9H2,1-3H3,(H,21,26). The first-order chi connectivity index (χ1) is 12.8. The molecule has 0 saturated heterocycles. The van der Waals surface area contributed by atoms with Gasteiger partial charge >= 0.3 is 0 Å². The van der Waals surface area contributed by atoms with E-state index in [0.717, 1.165) is 20.5 Å². The fourth-order valence-electron chi connectivity index (χ4n) is 2.45. The summed E-state index contributed by atoms with van der Waals surface area (Å²) in [6.45, 7) is 5.72. The van der Waals surface area contributed by atoms with Crippen LogP contribution in [0.4, 0.5) is 10.1 Å². The minimum absolute atomic E-state index is 0.0942. The minimum atomic E-state index is -0.515. The van der Waals surface area contributed by atoms with Gasteiger partial charge in [-0.2, -0.15) is 4.68 Å². The lowest BCUT2D eigenvalue weighted by Crippen LogP contribution is -2.15. The second-order valence-corrected chi connectivity index (χ2v) is 7.88. The molecule has 140 valence electrons. The van der Waals surface area contributed by atoms with E-state index in [-0.39, 0.29) is 17.3 Å². The Morgan fingerprint density at radius 3 is 2.70 bits per heavy atom. The largest absolute Gasteiger partial charge is 0.323 e. The van der Waals surface area contributed by atoms with E-state index in [4.69, 9.17) is 0 Å². The topological polar surface area (TPSA) is 72.7 Å². The number of hydrogen-bond acceptors (Lipinski definition) is 5. The van der Waals surface area contributed by atoms with Crippen molar-refractivity contribution in [2.45, 2.75) is 25.7 Å².